The Hall–Kier alpha value is -1.30. The summed E-state index contributed by atoms with van der Waals surface area (Å²) in [7, 11) is 0. The summed E-state index contributed by atoms with van der Waals surface area (Å²) in [4.78, 5) is 13.2. The monoisotopic (exact) mass is 364 g/mol. The zero-order chi connectivity index (χ0) is 15.4. The van der Waals surface area contributed by atoms with Crippen molar-refractivity contribution in [3.8, 4) is 0 Å². The fourth-order valence-corrected chi connectivity index (χ4v) is 3.63. The molecule has 0 heterocycles. The smallest absolute Gasteiger partial charge is 0.221 e. The number of carbonyl (C=O) groups is 1. The van der Waals surface area contributed by atoms with Gasteiger partial charge in [0.25, 0.3) is 0 Å². The highest BCUT2D eigenvalue weighted by Crippen LogP contribution is 2.32. The highest BCUT2D eigenvalue weighted by Gasteiger charge is 2.06. The lowest BCUT2D eigenvalue weighted by Gasteiger charge is -2.10. The van der Waals surface area contributed by atoms with Gasteiger partial charge in [0.15, 0.2) is 0 Å². The number of nitrogens with one attached hydrogen (secondary N) is 1. The SMILES string of the molecule is CC(=O)Nc1ccc(Sc2ccc([C@@H](C)N)c(Br)c2)cc1. The van der Waals surface area contributed by atoms with Gasteiger partial charge in [0.2, 0.25) is 5.91 Å². The van der Waals surface area contributed by atoms with E-state index in [9.17, 15) is 4.79 Å². The van der Waals surface area contributed by atoms with Gasteiger partial charge in [0.1, 0.15) is 0 Å². The maximum atomic E-state index is 11.0. The van der Waals surface area contributed by atoms with Crippen LogP contribution >= 0.6 is 27.7 Å². The minimum atomic E-state index is -0.0640. The Morgan fingerprint density at radius 3 is 2.33 bits per heavy atom. The largest absolute Gasteiger partial charge is 0.326 e. The summed E-state index contributed by atoms with van der Waals surface area (Å²) < 4.78 is 1.03. The average molecular weight is 365 g/mol. The van der Waals surface area contributed by atoms with E-state index in [0.717, 1.165) is 25.5 Å². The van der Waals surface area contributed by atoms with Crippen molar-refractivity contribution in [1.82, 2.24) is 0 Å². The topological polar surface area (TPSA) is 55.1 Å². The van der Waals surface area contributed by atoms with Crippen molar-refractivity contribution >= 4 is 39.3 Å². The van der Waals surface area contributed by atoms with Crippen molar-refractivity contribution in [2.75, 3.05) is 5.32 Å². The Morgan fingerprint density at radius 1 is 1.19 bits per heavy atom. The fourth-order valence-electron chi connectivity index (χ4n) is 1.89. The van der Waals surface area contributed by atoms with Gasteiger partial charge < -0.3 is 11.1 Å². The minimum absolute atomic E-state index is 0.00960. The zero-order valence-electron chi connectivity index (χ0n) is 11.9. The van der Waals surface area contributed by atoms with Crippen molar-refractivity contribution in [3.05, 3.63) is 52.5 Å². The Labute approximate surface area is 137 Å². The van der Waals surface area contributed by atoms with Crippen molar-refractivity contribution in [2.45, 2.75) is 29.7 Å². The van der Waals surface area contributed by atoms with Crippen LogP contribution in [0, 0.1) is 0 Å². The standard InChI is InChI=1S/C16H17BrN2OS/c1-10(18)15-8-7-14(9-16(15)17)21-13-5-3-12(4-6-13)19-11(2)20/h3-10H,18H2,1-2H3,(H,19,20)/t10-/m1/s1. The molecule has 0 saturated heterocycles. The van der Waals surface area contributed by atoms with E-state index >= 15 is 0 Å². The van der Waals surface area contributed by atoms with Crippen LogP contribution in [0.4, 0.5) is 5.69 Å². The van der Waals surface area contributed by atoms with Gasteiger partial charge in [0, 0.05) is 32.9 Å². The van der Waals surface area contributed by atoms with E-state index in [-0.39, 0.29) is 11.9 Å². The predicted octanol–water partition coefficient (Wildman–Crippen LogP) is 4.58. The molecular formula is C16H17BrN2OS. The molecule has 0 spiro atoms. The van der Waals surface area contributed by atoms with Crippen molar-refractivity contribution in [1.29, 1.82) is 0 Å². The molecule has 3 nitrogen and oxygen atoms in total. The van der Waals surface area contributed by atoms with E-state index in [1.165, 1.54) is 6.92 Å². The summed E-state index contributed by atoms with van der Waals surface area (Å²) in [5.41, 5.74) is 7.81. The zero-order valence-corrected chi connectivity index (χ0v) is 14.3. The van der Waals surface area contributed by atoms with E-state index in [1.54, 1.807) is 11.8 Å². The third kappa shape index (κ3) is 4.59. The number of hydrogen-bond donors (Lipinski definition) is 2. The number of nitrogens with two attached hydrogens (primary N) is 1. The summed E-state index contributed by atoms with van der Waals surface area (Å²) in [6.45, 7) is 3.47. The van der Waals surface area contributed by atoms with Crippen molar-refractivity contribution in [3.63, 3.8) is 0 Å². The highest BCUT2D eigenvalue weighted by molar-refractivity contribution is 9.10. The van der Waals surface area contributed by atoms with Gasteiger partial charge in [-0.3, -0.25) is 4.79 Å². The molecule has 5 heteroatoms. The second-order valence-corrected chi connectivity index (χ2v) is 6.78. The number of hydrogen-bond acceptors (Lipinski definition) is 3. The van der Waals surface area contributed by atoms with E-state index < -0.39 is 0 Å². The van der Waals surface area contributed by atoms with Crippen molar-refractivity contribution < 1.29 is 4.79 Å². The molecule has 0 fully saturated rings. The van der Waals surface area contributed by atoms with E-state index in [1.807, 2.05) is 37.3 Å². The van der Waals surface area contributed by atoms with Crippen LogP contribution in [0.15, 0.2) is 56.7 Å². The third-order valence-electron chi connectivity index (χ3n) is 2.87. The van der Waals surface area contributed by atoms with Crippen LogP contribution in [-0.4, -0.2) is 5.91 Å². The van der Waals surface area contributed by atoms with Gasteiger partial charge in [-0.1, -0.05) is 33.8 Å². The Morgan fingerprint density at radius 2 is 1.81 bits per heavy atom. The van der Waals surface area contributed by atoms with Crippen LogP contribution in [0.3, 0.4) is 0 Å². The van der Waals surface area contributed by atoms with Gasteiger partial charge in [-0.25, -0.2) is 0 Å². The Kier molecular flexibility index (Phi) is 5.45. The van der Waals surface area contributed by atoms with E-state index in [4.69, 9.17) is 5.73 Å². The molecule has 110 valence electrons. The molecule has 2 aromatic carbocycles. The lowest BCUT2D eigenvalue weighted by Crippen LogP contribution is -2.05. The van der Waals surface area contributed by atoms with Gasteiger partial charge in [-0.2, -0.15) is 0 Å². The fraction of sp³-hybridized carbons (Fsp3) is 0.188. The highest BCUT2D eigenvalue weighted by atomic mass is 79.9. The quantitative estimate of drug-likeness (QED) is 0.834. The molecule has 1 atom stereocenters. The molecule has 2 rings (SSSR count). The molecular weight excluding hydrogens is 348 g/mol. The second kappa shape index (κ2) is 7.11. The molecule has 21 heavy (non-hydrogen) atoms. The van der Waals surface area contributed by atoms with Crippen LogP contribution in [0.1, 0.15) is 25.5 Å². The van der Waals surface area contributed by atoms with Gasteiger partial charge in [0.05, 0.1) is 0 Å². The Balaban J connectivity index is 2.11. The molecule has 0 aromatic heterocycles. The van der Waals surface area contributed by atoms with Gasteiger partial charge in [-0.15, -0.1) is 0 Å². The first-order chi connectivity index (χ1) is 9.95. The minimum Gasteiger partial charge on any atom is -0.326 e. The number of benzene rings is 2. The predicted molar refractivity (Wildman–Crippen MR) is 91.6 cm³/mol. The maximum absolute atomic E-state index is 11.0. The number of carbonyl (C=O) groups excluding carboxylic acids is 1. The molecule has 0 radical (unpaired) electrons. The molecule has 0 aliphatic rings. The van der Waals surface area contributed by atoms with E-state index in [0.29, 0.717) is 0 Å². The first-order valence-corrected chi connectivity index (χ1v) is 8.17. The summed E-state index contributed by atoms with van der Waals surface area (Å²) in [6.07, 6.45) is 0. The molecule has 0 unspecified atom stereocenters. The lowest BCUT2D eigenvalue weighted by atomic mass is 10.1. The molecule has 0 saturated carbocycles. The van der Waals surface area contributed by atoms with Gasteiger partial charge >= 0.3 is 0 Å². The molecule has 0 aliphatic heterocycles. The van der Waals surface area contributed by atoms with Crippen LogP contribution in [-0.2, 0) is 4.79 Å². The van der Waals surface area contributed by atoms with E-state index in [2.05, 4.69) is 33.4 Å². The summed E-state index contributed by atoms with van der Waals surface area (Å²) >= 11 is 5.23. The lowest BCUT2D eigenvalue weighted by molar-refractivity contribution is -0.114. The molecule has 0 aliphatic carbocycles. The summed E-state index contributed by atoms with van der Waals surface area (Å²) in [6, 6.07) is 14.0. The normalized spacial score (nSPS) is 12.0. The van der Waals surface area contributed by atoms with Crippen LogP contribution in [0.2, 0.25) is 0 Å². The first-order valence-electron chi connectivity index (χ1n) is 6.56. The van der Waals surface area contributed by atoms with Crippen LogP contribution < -0.4 is 11.1 Å². The molecule has 2 aromatic rings. The van der Waals surface area contributed by atoms with Crippen molar-refractivity contribution in [2.24, 2.45) is 5.73 Å². The molecule has 1 amide bonds. The second-order valence-electron chi connectivity index (χ2n) is 4.78. The number of anilines is 1. The molecule has 0 bridgehead atoms. The molecule has 3 N–H and O–H groups in total. The summed E-state index contributed by atoms with van der Waals surface area (Å²) in [5.74, 6) is -0.0640. The van der Waals surface area contributed by atoms with Crippen LogP contribution in [0.5, 0.6) is 0 Å². The Bertz CT molecular complexity index is 641. The number of rotatable bonds is 4. The van der Waals surface area contributed by atoms with Gasteiger partial charge in [-0.05, 0) is 48.9 Å². The first kappa shape index (κ1) is 16.1. The summed E-state index contributed by atoms with van der Waals surface area (Å²) in [5, 5.41) is 2.76. The number of halogens is 1. The average Bonchev–Trinajstić information content (AvgIpc) is 2.40. The maximum Gasteiger partial charge on any atom is 0.221 e. The number of amides is 1. The third-order valence-corrected chi connectivity index (χ3v) is 4.56. The van der Waals surface area contributed by atoms with Crippen LogP contribution in [0.25, 0.3) is 0 Å².